The summed E-state index contributed by atoms with van der Waals surface area (Å²) in [5.74, 6) is 5.65. The Kier molecular flexibility index (Phi) is 4.31. The van der Waals surface area contributed by atoms with Crippen molar-refractivity contribution in [3.63, 3.8) is 0 Å². The lowest BCUT2D eigenvalue weighted by Gasteiger charge is -2.18. The number of halogens is 1. The SMILES string of the molecule is Cc1ccncc1C(Cc1ccccc1Cl)NN. The molecule has 0 saturated carbocycles. The molecule has 3 nitrogen and oxygen atoms in total. The van der Waals surface area contributed by atoms with E-state index in [9.17, 15) is 0 Å². The van der Waals surface area contributed by atoms with E-state index in [-0.39, 0.29) is 6.04 Å². The lowest BCUT2D eigenvalue weighted by atomic mass is 9.97. The molecule has 0 saturated heterocycles. The van der Waals surface area contributed by atoms with Crippen LogP contribution >= 0.6 is 11.6 Å². The summed E-state index contributed by atoms with van der Waals surface area (Å²) in [5, 5.41) is 0.763. The van der Waals surface area contributed by atoms with Gasteiger partial charge in [-0.1, -0.05) is 29.8 Å². The van der Waals surface area contributed by atoms with E-state index in [1.54, 1.807) is 6.20 Å². The van der Waals surface area contributed by atoms with Crippen LogP contribution in [0.25, 0.3) is 0 Å². The van der Waals surface area contributed by atoms with Crippen molar-refractivity contribution < 1.29 is 0 Å². The maximum Gasteiger partial charge on any atom is 0.0518 e. The molecule has 1 atom stereocenters. The average Bonchev–Trinajstić information content (AvgIpc) is 2.39. The highest BCUT2D eigenvalue weighted by atomic mass is 35.5. The summed E-state index contributed by atoms with van der Waals surface area (Å²) in [4.78, 5) is 4.15. The number of hydrazine groups is 1. The van der Waals surface area contributed by atoms with Crippen molar-refractivity contribution in [3.8, 4) is 0 Å². The first-order chi connectivity index (χ1) is 8.72. The van der Waals surface area contributed by atoms with E-state index < -0.39 is 0 Å². The predicted octanol–water partition coefficient (Wildman–Crippen LogP) is 2.79. The Morgan fingerprint density at radius 3 is 2.78 bits per heavy atom. The van der Waals surface area contributed by atoms with Gasteiger partial charge in [-0.2, -0.15) is 0 Å². The number of nitrogens with one attached hydrogen (secondary N) is 1. The molecule has 0 aliphatic carbocycles. The van der Waals surface area contributed by atoms with Gasteiger partial charge >= 0.3 is 0 Å². The zero-order chi connectivity index (χ0) is 13.0. The second kappa shape index (κ2) is 5.96. The zero-order valence-electron chi connectivity index (χ0n) is 10.2. The Bertz CT molecular complexity index is 528. The van der Waals surface area contributed by atoms with Gasteiger partial charge in [-0.25, -0.2) is 0 Å². The van der Waals surface area contributed by atoms with Crippen molar-refractivity contribution in [3.05, 3.63) is 64.4 Å². The fraction of sp³-hybridized carbons (Fsp3) is 0.214. The normalized spacial score (nSPS) is 12.4. The van der Waals surface area contributed by atoms with E-state index in [4.69, 9.17) is 17.4 Å². The fourth-order valence-electron chi connectivity index (χ4n) is 1.98. The largest absolute Gasteiger partial charge is 0.271 e. The minimum Gasteiger partial charge on any atom is -0.271 e. The minimum absolute atomic E-state index is 0.0126. The second-order valence-electron chi connectivity index (χ2n) is 4.25. The van der Waals surface area contributed by atoms with Gasteiger partial charge in [0.15, 0.2) is 0 Å². The van der Waals surface area contributed by atoms with Crippen LogP contribution in [0, 0.1) is 6.92 Å². The first-order valence-corrected chi connectivity index (χ1v) is 6.20. The number of rotatable bonds is 4. The number of aryl methyl sites for hydroxylation is 1. The third-order valence-electron chi connectivity index (χ3n) is 3.04. The van der Waals surface area contributed by atoms with Crippen molar-refractivity contribution >= 4 is 11.6 Å². The van der Waals surface area contributed by atoms with E-state index in [2.05, 4.69) is 10.4 Å². The summed E-state index contributed by atoms with van der Waals surface area (Å²) in [6.07, 6.45) is 4.36. The molecular formula is C14H16ClN3. The lowest BCUT2D eigenvalue weighted by Crippen LogP contribution is -2.30. The third kappa shape index (κ3) is 2.88. The molecular weight excluding hydrogens is 246 g/mol. The van der Waals surface area contributed by atoms with Gasteiger partial charge in [0.05, 0.1) is 6.04 Å². The molecule has 1 heterocycles. The molecule has 1 aromatic carbocycles. The molecule has 3 N–H and O–H groups in total. The van der Waals surface area contributed by atoms with Crippen LogP contribution in [-0.2, 0) is 6.42 Å². The average molecular weight is 262 g/mol. The van der Waals surface area contributed by atoms with Crippen molar-refractivity contribution in [1.29, 1.82) is 0 Å². The van der Waals surface area contributed by atoms with Crippen molar-refractivity contribution in [2.45, 2.75) is 19.4 Å². The number of nitrogens with two attached hydrogens (primary N) is 1. The van der Waals surface area contributed by atoms with Crippen LogP contribution in [0.5, 0.6) is 0 Å². The molecule has 0 radical (unpaired) electrons. The molecule has 18 heavy (non-hydrogen) atoms. The predicted molar refractivity (Wildman–Crippen MR) is 74.2 cm³/mol. The Morgan fingerprint density at radius 1 is 1.33 bits per heavy atom. The number of aromatic nitrogens is 1. The smallest absolute Gasteiger partial charge is 0.0518 e. The molecule has 4 heteroatoms. The number of benzene rings is 1. The first kappa shape index (κ1) is 13.0. The number of hydrogen-bond donors (Lipinski definition) is 2. The van der Waals surface area contributed by atoms with E-state index in [1.807, 2.05) is 43.5 Å². The van der Waals surface area contributed by atoms with Gasteiger partial charge in [-0.15, -0.1) is 0 Å². The van der Waals surface area contributed by atoms with E-state index in [1.165, 1.54) is 5.56 Å². The van der Waals surface area contributed by atoms with Gasteiger partial charge < -0.3 is 0 Å². The van der Waals surface area contributed by atoms with Crippen molar-refractivity contribution in [1.82, 2.24) is 10.4 Å². The molecule has 1 unspecified atom stereocenters. The summed E-state index contributed by atoms with van der Waals surface area (Å²) < 4.78 is 0. The van der Waals surface area contributed by atoms with Gasteiger partial charge in [-0.05, 0) is 42.2 Å². The van der Waals surface area contributed by atoms with Gasteiger partial charge in [0, 0.05) is 17.4 Å². The molecule has 0 aliphatic heterocycles. The molecule has 0 aliphatic rings. The Morgan fingerprint density at radius 2 is 2.11 bits per heavy atom. The standard InChI is InChI=1S/C14H16ClN3/c1-10-6-7-17-9-12(10)14(18-16)8-11-4-2-3-5-13(11)15/h2-7,9,14,18H,8,16H2,1H3. The van der Waals surface area contributed by atoms with E-state index >= 15 is 0 Å². The highest BCUT2D eigenvalue weighted by Crippen LogP contribution is 2.24. The van der Waals surface area contributed by atoms with Crippen molar-refractivity contribution in [2.24, 2.45) is 5.84 Å². The number of hydrogen-bond acceptors (Lipinski definition) is 3. The molecule has 0 bridgehead atoms. The molecule has 0 amide bonds. The van der Waals surface area contributed by atoms with Crippen molar-refractivity contribution in [2.75, 3.05) is 0 Å². The second-order valence-corrected chi connectivity index (χ2v) is 4.65. The van der Waals surface area contributed by atoms with Crippen LogP contribution in [-0.4, -0.2) is 4.98 Å². The molecule has 2 aromatic rings. The Balaban J connectivity index is 2.26. The first-order valence-electron chi connectivity index (χ1n) is 5.82. The number of pyridine rings is 1. The third-order valence-corrected chi connectivity index (χ3v) is 3.41. The summed E-state index contributed by atoms with van der Waals surface area (Å²) in [5.41, 5.74) is 6.17. The summed E-state index contributed by atoms with van der Waals surface area (Å²) in [7, 11) is 0. The highest BCUT2D eigenvalue weighted by Gasteiger charge is 2.14. The Labute approximate surface area is 112 Å². The van der Waals surface area contributed by atoms with Crippen LogP contribution in [0.1, 0.15) is 22.7 Å². The monoisotopic (exact) mass is 261 g/mol. The zero-order valence-corrected chi connectivity index (χ0v) is 11.0. The number of nitrogens with zero attached hydrogens (tertiary/aromatic N) is 1. The fourth-order valence-corrected chi connectivity index (χ4v) is 2.20. The van der Waals surface area contributed by atoms with Crippen LogP contribution in [0.2, 0.25) is 5.02 Å². The molecule has 0 spiro atoms. The molecule has 94 valence electrons. The van der Waals surface area contributed by atoms with E-state index in [0.29, 0.717) is 0 Å². The van der Waals surface area contributed by atoms with Gasteiger partial charge in [0.2, 0.25) is 0 Å². The van der Waals surface area contributed by atoms with E-state index in [0.717, 1.165) is 22.6 Å². The van der Waals surface area contributed by atoms with Crippen LogP contribution in [0.15, 0.2) is 42.7 Å². The lowest BCUT2D eigenvalue weighted by molar-refractivity contribution is 0.547. The van der Waals surface area contributed by atoms with Crippen LogP contribution in [0.3, 0.4) is 0 Å². The van der Waals surface area contributed by atoms with Gasteiger partial charge in [0.1, 0.15) is 0 Å². The van der Waals surface area contributed by atoms with Gasteiger partial charge in [0.25, 0.3) is 0 Å². The maximum absolute atomic E-state index is 6.17. The maximum atomic E-state index is 6.17. The topological polar surface area (TPSA) is 50.9 Å². The summed E-state index contributed by atoms with van der Waals surface area (Å²) >= 11 is 6.17. The highest BCUT2D eigenvalue weighted by molar-refractivity contribution is 6.31. The molecule has 2 rings (SSSR count). The van der Waals surface area contributed by atoms with Gasteiger partial charge in [-0.3, -0.25) is 16.3 Å². The molecule has 1 aromatic heterocycles. The summed E-state index contributed by atoms with van der Waals surface area (Å²) in [6, 6.07) is 9.79. The summed E-state index contributed by atoms with van der Waals surface area (Å²) in [6.45, 7) is 2.05. The minimum atomic E-state index is 0.0126. The quantitative estimate of drug-likeness (QED) is 0.657. The van der Waals surface area contributed by atoms with Crippen LogP contribution < -0.4 is 11.3 Å². The van der Waals surface area contributed by atoms with Crippen LogP contribution in [0.4, 0.5) is 0 Å². The molecule has 0 fully saturated rings. The Hall–Kier alpha value is -1.42.